The van der Waals surface area contributed by atoms with Gasteiger partial charge < -0.3 is 0 Å². The van der Waals surface area contributed by atoms with Crippen LogP contribution in [0.3, 0.4) is 0 Å². The number of carbonyl (C=O) groups excluding carboxylic acids is 1. The van der Waals surface area contributed by atoms with Crippen LogP contribution in [0.4, 0.5) is 4.39 Å². The molecule has 0 aromatic heterocycles. The van der Waals surface area contributed by atoms with Crippen LogP contribution in [0.15, 0.2) is 22.7 Å². The van der Waals surface area contributed by atoms with E-state index in [4.69, 9.17) is 4.84 Å². The minimum Gasteiger partial charge on any atom is -0.273 e. The summed E-state index contributed by atoms with van der Waals surface area (Å²) in [7, 11) is 0. The van der Waals surface area contributed by atoms with Crippen molar-refractivity contribution in [2.75, 3.05) is 6.61 Å². The molecule has 1 aromatic rings. The number of carbonyl (C=O) groups is 1. The molecule has 0 atom stereocenters. The van der Waals surface area contributed by atoms with Gasteiger partial charge in [0, 0.05) is 4.47 Å². The van der Waals surface area contributed by atoms with E-state index in [9.17, 15) is 9.18 Å². The first-order valence-electron chi connectivity index (χ1n) is 4.88. The van der Waals surface area contributed by atoms with E-state index in [1.807, 2.05) is 13.8 Å². The molecule has 0 spiro atoms. The van der Waals surface area contributed by atoms with Crippen molar-refractivity contribution in [2.45, 2.75) is 13.8 Å². The molecular formula is C11H13BrFNO2. The van der Waals surface area contributed by atoms with Gasteiger partial charge in [0.15, 0.2) is 0 Å². The van der Waals surface area contributed by atoms with Crippen molar-refractivity contribution in [1.29, 1.82) is 0 Å². The van der Waals surface area contributed by atoms with E-state index in [-0.39, 0.29) is 5.56 Å². The lowest BCUT2D eigenvalue weighted by atomic mass is 10.2. The molecule has 0 aliphatic rings. The maximum absolute atomic E-state index is 13.3. The van der Waals surface area contributed by atoms with Gasteiger partial charge in [0.05, 0.1) is 12.2 Å². The Balaban J connectivity index is 2.59. The molecule has 1 rings (SSSR count). The molecule has 1 N–H and O–H groups in total. The van der Waals surface area contributed by atoms with Crippen LogP contribution >= 0.6 is 15.9 Å². The van der Waals surface area contributed by atoms with Crippen molar-refractivity contribution in [3.63, 3.8) is 0 Å². The molecule has 5 heteroatoms. The Morgan fingerprint density at radius 3 is 2.81 bits per heavy atom. The normalized spacial score (nSPS) is 10.6. The zero-order chi connectivity index (χ0) is 12.1. The lowest BCUT2D eigenvalue weighted by molar-refractivity contribution is 0.0205. The van der Waals surface area contributed by atoms with Crippen molar-refractivity contribution in [2.24, 2.45) is 5.92 Å². The van der Waals surface area contributed by atoms with E-state index in [1.54, 1.807) is 6.07 Å². The van der Waals surface area contributed by atoms with Gasteiger partial charge >= 0.3 is 0 Å². The third-order valence-electron chi connectivity index (χ3n) is 1.76. The summed E-state index contributed by atoms with van der Waals surface area (Å²) in [5, 5.41) is 0. The molecule has 0 aliphatic carbocycles. The Hall–Kier alpha value is -0.940. The minimum absolute atomic E-state index is 0.0352. The number of hydrogen-bond acceptors (Lipinski definition) is 2. The second-order valence-corrected chi connectivity index (χ2v) is 4.68. The highest BCUT2D eigenvalue weighted by Crippen LogP contribution is 2.15. The maximum Gasteiger partial charge on any atom is 0.277 e. The molecular weight excluding hydrogens is 277 g/mol. The Morgan fingerprint density at radius 1 is 1.56 bits per heavy atom. The molecule has 3 nitrogen and oxygen atoms in total. The first-order chi connectivity index (χ1) is 7.50. The highest BCUT2D eigenvalue weighted by atomic mass is 79.9. The number of nitrogens with one attached hydrogen (secondary N) is 1. The number of rotatable bonds is 4. The van der Waals surface area contributed by atoms with Crippen LogP contribution in [-0.2, 0) is 4.84 Å². The molecule has 0 saturated heterocycles. The Labute approximate surface area is 102 Å². The molecule has 1 amide bonds. The summed E-state index contributed by atoms with van der Waals surface area (Å²) in [6.45, 7) is 4.29. The van der Waals surface area contributed by atoms with E-state index in [2.05, 4.69) is 21.4 Å². The second-order valence-electron chi connectivity index (χ2n) is 3.76. The molecule has 0 heterocycles. The van der Waals surface area contributed by atoms with Crippen LogP contribution in [0.5, 0.6) is 0 Å². The van der Waals surface area contributed by atoms with Gasteiger partial charge in [0.2, 0.25) is 0 Å². The molecule has 0 unspecified atom stereocenters. The van der Waals surface area contributed by atoms with Gasteiger partial charge in [0.25, 0.3) is 5.91 Å². The molecule has 0 fully saturated rings. The quantitative estimate of drug-likeness (QED) is 0.866. The van der Waals surface area contributed by atoms with Crippen molar-refractivity contribution >= 4 is 21.8 Å². The van der Waals surface area contributed by atoms with Gasteiger partial charge in [0.1, 0.15) is 5.82 Å². The van der Waals surface area contributed by atoms with Crippen LogP contribution in [0.2, 0.25) is 0 Å². The summed E-state index contributed by atoms with van der Waals surface area (Å²) in [4.78, 5) is 16.4. The summed E-state index contributed by atoms with van der Waals surface area (Å²) < 4.78 is 13.9. The van der Waals surface area contributed by atoms with E-state index in [0.717, 1.165) is 0 Å². The number of hydrogen-bond donors (Lipinski definition) is 1. The predicted octanol–water partition coefficient (Wildman–Crippen LogP) is 2.91. The van der Waals surface area contributed by atoms with Crippen molar-refractivity contribution < 1.29 is 14.0 Å². The molecule has 1 aromatic carbocycles. The van der Waals surface area contributed by atoms with Gasteiger partial charge in [-0.1, -0.05) is 29.8 Å². The van der Waals surface area contributed by atoms with Crippen LogP contribution < -0.4 is 5.48 Å². The van der Waals surface area contributed by atoms with Gasteiger partial charge in [-0.25, -0.2) is 9.87 Å². The van der Waals surface area contributed by atoms with Crippen LogP contribution in [-0.4, -0.2) is 12.5 Å². The zero-order valence-electron chi connectivity index (χ0n) is 9.09. The molecule has 0 saturated carbocycles. The van der Waals surface area contributed by atoms with E-state index in [0.29, 0.717) is 17.0 Å². The Bertz CT molecular complexity index is 382. The monoisotopic (exact) mass is 289 g/mol. The number of halogens is 2. The lowest BCUT2D eigenvalue weighted by Crippen LogP contribution is -2.26. The maximum atomic E-state index is 13.3. The van der Waals surface area contributed by atoms with Gasteiger partial charge in [-0.05, 0) is 24.1 Å². The van der Waals surface area contributed by atoms with Gasteiger partial charge in [-0.15, -0.1) is 0 Å². The number of amides is 1. The first-order valence-corrected chi connectivity index (χ1v) is 5.67. The summed E-state index contributed by atoms with van der Waals surface area (Å²) in [6.07, 6.45) is 0. The summed E-state index contributed by atoms with van der Waals surface area (Å²) in [5.41, 5.74) is 2.16. The fraction of sp³-hybridized carbons (Fsp3) is 0.364. The van der Waals surface area contributed by atoms with E-state index >= 15 is 0 Å². The van der Waals surface area contributed by atoms with Crippen LogP contribution in [0, 0.1) is 11.7 Å². The van der Waals surface area contributed by atoms with E-state index < -0.39 is 11.7 Å². The molecule has 0 radical (unpaired) electrons. The number of benzene rings is 1. The fourth-order valence-corrected chi connectivity index (χ4v) is 1.34. The molecule has 16 heavy (non-hydrogen) atoms. The SMILES string of the molecule is CC(C)CONC(=O)c1ccc(Br)cc1F. The lowest BCUT2D eigenvalue weighted by Gasteiger charge is -2.08. The summed E-state index contributed by atoms with van der Waals surface area (Å²) in [6, 6.07) is 4.23. The molecule has 0 aliphatic heterocycles. The van der Waals surface area contributed by atoms with Crippen molar-refractivity contribution in [3.8, 4) is 0 Å². The van der Waals surface area contributed by atoms with Crippen molar-refractivity contribution in [3.05, 3.63) is 34.1 Å². The second kappa shape index (κ2) is 5.96. The van der Waals surface area contributed by atoms with E-state index in [1.165, 1.54) is 12.1 Å². The zero-order valence-corrected chi connectivity index (χ0v) is 10.7. The van der Waals surface area contributed by atoms with Crippen molar-refractivity contribution in [1.82, 2.24) is 5.48 Å². The molecule has 0 bridgehead atoms. The standard InChI is InChI=1S/C11H13BrFNO2/c1-7(2)6-16-14-11(15)9-4-3-8(12)5-10(9)13/h3-5,7H,6H2,1-2H3,(H,14,15). The number of hydroxylamine groups is 1. The first kappa shape index (κ1) is 13.1. The smallest absolute Gasteiger partial charge is 0.273 e. The summed E-state index contributed by atoms with van der Waals surface area (Å²) >= 11 is 3.11. The average Bonchev–Trinajstić information content (AvgIpc) is 2.16. The summed E-state index contributed by atoms with van der Waals surface area (Å²) in [5.74, 6) is -0.860. The highest BCUT2D eigenvalue weighted by molar-refractivity contribution is 9.10. The largest absolute Gasteiger partial charge is 0.277 e. The highest BCUT2D eigenvalue weighted by Gasteiger charge is 2.11. The van der Waals surface area contributed by atoms with Crippen LogP contribution in [0.25, 0.3) is 0 Å². The Kier molecular flexibility index (Phi) is 4.89. The van der Waals surface area contributed by atoms with Gasteiger partial charge in [-0.3, -0.25) is 9.63 Å². The third kappa shape index (κ3) is 3.90. The van der Waals surface area contributed by atoms with Crippen LogP contribution in [0.1, 0.15) is 24.2 Å². The fourth-order valence-electron chi connectivity index (χ4n) is 1.00. The predicted molar refractivity (Wildman–Crippen MR) is 62.4 cm³/mol. The van der Waals surface area contributed by atoms with Gasteiger partial charge in [-0.2, -0.15) is 0 Å². The third-order valence-corrected chi connectivity index (χ3v) is 2.25. The topological polar surface area (TPSA) is 38.3 Å². The minimum atomic E-state index is -0.583. The Morgan fingerprint density at radius 2 is 2.25 bits per heavy atom. The molecule has 88 valence electrons. The average molecular weight is 290 g/mol.